The van der Waals surface area contributed by atoms with Crippen LogP contribution in [0.2, 0.25) is 0 Å². The van der Waals surface area contributed by atoms with Crippen molar-refractivity contribution in [2.24, 2.45) is 0 Å². The molecule has 0 aliphatic rings. The normalized spacial score (nSPS) is 11.3. The van der Waals surface area contributed by atoms with Crippen LogP contribution in [0, 0.1) is 11.8 Å². The number of carbonyl (C=O) groups is 1. The number of hydrogen-bond acceptors (Lipinski definition) is 3. The summed E-state index contributed by atoms with van der Waals surface area (Å²) in [5.74, 6) is 6.72. The predicted octanol–water partition coefficient (Wildman–Crippen LogP) is 3.36. The highest BCUT2D eigenvalue weighted by molar-refractivity contribution is 5.50. The Balaban J connectivity index is 2.39. The van der Waals surface area contributed by atoms with Crippen LogP contribution in [0.15, 0.2) is 24.3 Å². The van der Waals surface area contributed by atoms with E-state index in [4.69, 9.17) is 9.47 Å². The van der Waals surface area contributed by atoms with Gasteiger partial charge in [-0.2, -0.15) is 0 Å². The van der Waals surface area contributed by atoms with Crippen LogP contribution in [-0.2, 0) is 16.1 Å². The molecule has 0 radical (unpaired) electrons. The zero-order valence-corrected chi connectivity index (χ0v) is 12.2. The van der Waals surface area contributed by atoms with Crippen molar-refractivity contribution in [2.75, 3.05) is 7.11 Å². The molecule has 0 aliphatic carbocycles. The van der Waals surface area contributed by atoms with Crippen LogP contribution in [0.5, 0.6) is 5.75 Å². The quantitative estimate of drug-likeness (QED) is 0.393. The molecule has 0 spiro atoms. The first-order valence-corrected chi connectivity index (χ1v) is 6.88. The Labute approximate surface area is 121 Å². The first-order valence-electron chi connectivity index (χ1n) is 6.88. The van der Waals surface area contributed by atoms with Crippen molar-refractivity contribution in [3.05, 3.63) is 29.8 Å². The minimum absolute atomic E-state index is 0.0201. The molecule has 1 aromatic carbocycles. The van der Waals surface area contributed by atoms with Gasteiger partial charge in [-0.15, -0.1) is 11.8 Å². The van der Waals surface area contributed by atoms with Crippen LogP contribution < -0.4 is 4.74 Å². The van der Waals surface area contributed by atoms with Crippen LogP contribution in [0.1, 0.15) is 38.2 Å². The molecule has 1 rings (SSSR count). The van der Waals surface area contributed by atoms with Crippen molar-refractivity contribution in [3.8, 4) is 17.6 Å². The van der Waals surface area contributed by atoms with Crippen molar-refractivity contribution in [1.82, 2.24) is 0 Å². The highest BCUT2D eigenvalue weighted by Crippen LogP contribution is 2.15. The Hall–Kier alpha value is -1.79. The topological polar surface area (TPSA) is 35.5 Å². The summed E-state index contributed by atoms with van der Waals surface area (Å²) in [5.41, 5.74) is 1.08. The number of unbranched alkanes of at least 4 members (excludes halogenated alkanes) is 1. The molecular formula is C17H22O3. The number of ether oxygens (including phenoxy) is 2. The molecule has 3 heteroatoms. The fourth-order valence-corrected chi connectivity index (χ4v) is 1.86. The van der Waals surface area contributed by atoms with Crippen LogP contribution >= 0.6 is 0 Å². The maximum atomic E-state index is 10.7. The number of rotatable bonds is 9. The molecule has 0 aromatic heterocycles. The first kappa shape index (κ1) is 16.3. The Kier molecular flexibility index (Phi) is 8.17. The lowest BCUT2D eigenvalue weighted by Gasteiger charge is -2.15. The summed E-state index contributed by atoms with van der Waals surface area (Å²) in [7, 11) is 1.64. The minimum atomic E-state index is -0.0201. The lowest BCUT2D eigenvalue weighted by molar-refractivity contribution is -0.110. The van der Waals surface area contributed by atoms with Crippen LogP contribution in [0.25, 0.3) is 0 Å². The number of aldehydes is 1. The van der Waals surface area contributed by atoms with Crippen molar-refractivity contribution >= 4 is 6.29 Å². The Morgan fingerprint density at radius 3 is 2.65 bits per heavy atom. The average molecular weight is 274 g/mol. The maximum Gasteiger partial charge on any atom is 0.122 e. The van der Waals surface area contributed by atoms with Crippen LogP contribution in [0.3, 0.4) is 0 Å². The molecule has 0 N–H and O–H groups in total. The summed E-state index contributed by atoms with van der Waals surface area (Å²) in [6, 6.07) is 7.76. The molecule has 108 valence electrons. The van der Waals surface area contributed by atoms with Gasteiger partial charge >= 0.3 is 0 Å². The van der Waals surface area contributed by atoms with E-state index in [1.165, 1.54) is 0 Å². The SMILES string of the molecule is CC#CCCC[C@H](CC=O)OCc1ccc(OC)cc1. The fourth-order valence-electron chi connectivity index (χ4n) is 1.86. The summed E-state index contributed by atoms with van der Waals surface area (Å²) in [6.07, 6.45) is 4.02. The van der Waals surface area contributed by atoms with Gasteiger partial charge in [0.15, 0.2) is 0 Å². The Morgan fingerprint density at radius 1 is 1.30 bits per heavy atom. The third-order valence-corrected chi connectivity index (χ3v) is 3.01. The number of carbonyl (C=O) groups excluding carboxylic acids is 1. The molecule has 0 unspecified atom stereocenters. The van der Waals surface area contributed by atoms with Gasteiger partial charge in [0.05, 0.1) is 19.8 Å². The predicted molar refractivity (Wildman–Crippen MR) is 79.6 cm³/mol. The molecular weight excluding hydrogens is 252 g/mol. The van der Waals surface area contributed by atoms with Crippen LogP contribution in [-0.4, -0.2) is 19.5 Å². The first-order chi connectivity index (χ1) is 9.80. The largest absolute Gasteiger partial charge is 0.497 e. The van der Waals surface area contributed by atoms with E-state index in [0.29, 0.717) is 13.0 Å². The monoisotopic (exact) mass is 274 g/mol. The van der Waals surface area contributed by atoms with Gasteiger partial charge in [0.1, 0.15) is 12.0 Å². The number of benzene rings is 1. The molecule has 1 atom stereocenters. The Bertz CT molecular complexity index is 440. The van der Waals surface area contributed by atoms with Crippen LogP contribution in [0.4, 0.5) is 0 Å². The molecule has 0 heterocycles. The maximum absolute atomic E-state index is 10.7. The molecule has 0 saturated heterocycles. The lowest BCUT2D eigenvalue weighted by Crippen LogP contribution is -2.13. The summed E-state index contributed by atoms with van der Waals surface area (Å²) in [6.45, 7) is 2.35. The summed E-state index contributed by atoms with van der Waals surface area (Å²) in [5, 5.41) is 0. The Morgan fingerprint density at radius 2 is 2.05 bits per heavy atom. The molecule has 0 saturated carbocycles. The van der Waals surface area contributed by atoms with Gasteiger partial charge in [-0.3, -0.25) is 0 Å². The van der Waals surface area contributed by atoms with Gasteiger partial charge in [-0.1, -0.05) is 12.1 Å². The van der Waals surface area contributed by atoms with E-state index < -0.39 is 0 Å². The average Bonchev–Trinajstić information content (AvgIpc) is 2.49. The van der Waals surface area contributed by atoms with E-state index in [-0.39, 0.29) is 6.10 Å². The van der Waals surface area contributed by atoms with E-state index in [1.807, 2.05) is 31.2 Å². The van der Waals surface area contributed by atoms with Crippen molar-refractivity contribution in [3.63, 3.8) is 0 Å². The number of hydrogen-bond donors (Lipinski definition) is 0. The van der Waals surface area contributed by atoms with E-state index in [2.05, 4.69) is 11.8 Å². The third-order valence-electron chi connectivity index (χ3n) is 3.01. The number of methoxy groups -OCH3 is 1. The zero-order valence-electron chi connectivity index (χ0n) is 12.2. The summed E-state index contributed by atoms with van der Waals surface area (Å²) >= 11 is 0. The zero-order chi connectivity index (χ0) is 14.6. The highest BCUT2D eigenvalue weighted by Gasteiger charge is 2.08. The standard InChI is InChI=1S/C17H22O3/c1-3-4-5-6-7-17(12-13-18)20-14-15-8-10-16(19-2)11-9-15/h8-11,13,17H,5-7,12,14H2,1-2H3/t17-/m1/s1. The molecule has 0 aliphatic heterocycles. The molecule has 0 amide bonds. The van der Waals surface area contributed by atoms with Gasteiger partial charge in [0, 0.05) is 12.8 Å². The molecule has 20 heavy (non-hydrogen) atoms. The van der Waals surface area contributed by atoms with Crippen molar-refractivity contribution < 1.29 is 14.3 Å². The summed E-state index contributed by atoms with van der Waals surface area (Å²) < 4.78 is 10.9. The lowest BCUT2D eigenvalue weighted by atomic mass is 10.1. The second kappa shape index (κ2) is 10.1. The van der Waals surface area contributed by atoms with E-state index in [9.17, 15) is 4.79 Å². The van der Waals surface area contributed by atoms with Gasteiger partial charge < -0.3 is 14.3 Å². The smallest absolute Gasteiger partial charge is 0.122 e. The van der Waals surface area contributed by atoms with Gasteiger partial charge in [-0.05, 0) is 37.5 Å². The van der Waals surface area contributed by atoms with E-state index in [0.717, 1.165) is 36.9 Å². The van der Waals surface area contributed by atoms with Crippen molar-refractivity contribution in [1.29, 1.82) is 0 Å². The highest BCUT2D eigenvalue weighted by atomic mass is 16.5. The molecule has 3 nitrogen and oxygen atoms in total. The minimum Gasteiger partial charge on any atom is -0.497 e. The summed E-state index contributed by atoms with van der Waals surface area (Å²) in [4.78, 5) is 10.7. The molecule has 0 bridgehead atoms. The van der Waals surface area contributed by atoms with Gasteiger partial charge in [-0.25, -0.2) is 0 Å². The third kappa shape index (κ3) is 6.40. The second-order valence-electron chi connectivity index (χ2n) is 4.50. The fraction of sp³-hybridized carbons (Fsp3) is 0.471. The van der Waals surface area contributed by atoms with E-state index >= 15 is 0 Å². The van der Waals surface area contributed by atoms with E-state index in [1.54, 1.807) is 7.11 Å². The van der Waals surface area contributed by atoms with Gasteiger partial charge in [0.25, 0.3) is 0 Å². The molecule has 1 aromatic rings. The van der Waals surface area contributed by atoms with Crippen molar-refractivity contribution in [2.45, 2.75) is 45.3 Å². The second-order valence-corrected chi connectivity index (χ2v) is 4.50. The van der Waals surface area contributed by atoms with Gasteiger partial charge in [0.2, 0.25) is 0 Å². The molecule has 0 fully saturated rings.